The molecule has 0 unspecified atom stereocenters. The lowest BCUT2D eigenvalue weighted by Crippen LogP contribution is -2.34. The monoisotopic (exact) mass is 455 g/mol. The fraction of sp³-hybridized carbons (Fsp3) is 0.619. The predicted molar refractivity (Wildman–Crippen MR) is 112 cm³/mol. The zero-order valence-electron chi connectivity index (χ0n) is 17.5. The lowest BCUT2D eigenvalue weighted by Gasteiger charge is -2.24. The first kappa shape index (κ1) is 22.7. The molecule has 1 aromatic carbocycles. The van der Waals surface area contributed by atoms with E-state index in [4.69, 9.17) is 19.0 Å². The Labute approximate surface area is 175 Å². The normalized spacial score (nSPS) is 20.3. The summed E-state index contributed by atoms with van der Waals surface area (Å²) in [5.41, 5.74) is 0.820. The highest BCUT2D eigenvalue weighted by Crippen LogP contribution is 2.30. The lowest BCUT2D eigenvalue weighted by molar-refractivity contribution is -0.162. The van der Waals surface area contributed by atoms with Gasteiger partial charge in [-0.1, -0.05) is 34.4 Å². The molecular weight excluding hydrogens is 426 g/mol. The Kier molecular flexibility index (Phi) is 7.89. The summed E-state index contributed by atoms with van der Waals surface area (Å²) in [7, 11) is 0. The number of hydrogen-bond donors (Lipinski definition) is 0. The summed E-state index contributed by atoms with van der Waals surface area (Å²) in [6.07, 6.45) is 0.766. The maximum atomic E-state index is 12.3. The van der Waals surface area contributed by atoms with Crippen molar-refractivity contribution in [3.8, 4) is 5.75 Å². The Morgan fingerprint density at radius 2 is 2.07 bits per heavy atom. The molecule has 6 nitrogen and oxygen atoms in total. The van der Waals surface area contributed by atoms with Crippen LogP contribution in [0, 0.1) is 0 Å². The van der Waals surface area contributed by atoms with Crippen molar-refractivity contribution in [3.63, 3.8) is 0 Å². The molecule has 0 saturated heterocycles. The lowest BCUT2D eigenvalue weighted by atomic mass is 10.0. The van der Waals surface area contributed by atoms with Gasteiger partial charge in [-0.25, -0.2) is 4.79 Å². The molecule has 0 spiro atoms. The molecule has 1 heterocycles. The van der Waals surface area contributed by atoms with Crippen LogP contribution in [0.15, 0.2) is 27.8 Å². The van der Waals surface area contributed by atoms with Gasteiger partial charge in [0.2, 0.25) is 0 Å². The number of halogens is 1. The fourth-order valence-corrected chi connectivity index (χ4v) is 3.03. The van der Waals surface area contributed by atoms with Crippen LogP contribution in [-0.2, 0) is 19.1 Å². The number of ether oxygens (including phenoxy) is 3. The first-order valence-electron chi connectivity index (χ1n) is 9.67. The Morgan fingerprint density at radius 1 is 1.36 bits per heavy atom. The molecule has 28 heavy (non-hydrogen) atoms. The predicted octanol–water partition coefficient (Wildman–Crippen LogP) is 4.87. The summed E-state index contributed by atoms with van der Waals surface area (Å²) in [6.45, 7) is 11.8. The van der Waals surface area contributed by atoms with Gasteiger partial charge in [-0.05, 0) is 59.2 Å². The first-order valence-corrected chi connectivity index (χ1v) is 10.5. The van der Waals surface area contributed by atoms with Crippen LogP contribution >= 0.6 is 15.9 Å². The van der Waals surface area contributed by atoms with Gasteiger partial charge in [0.1, 0.15) is 23.2 Å². The van der Waals surface area contributed by atoms with Crippen LogP contribution in [0.3, 0.4) is 0 Å². The molecule has 2 rings (SSSR count). The zero-order valence-corrected chi connectivity index (χ0v) is 19.0. The van der Waals surface area contributed by atoms with Crippen molar-refractivity contribution < 1.29 is 23.8 Å². The second kappa shape index (κ2) is 9.74. The summed E-state index contributed by atoms with van der Waals surface area (Å²) in [5, 5.41) is 4.24. The molecule has 0 aliphatic carbocycles. The van der Waals surface area contributed by atoms with Crippen LogP contribution in [0.2, 0.25) is 0 Å². The summed E-state index contributed by atoms with van der Waals surface area (Å²) < 4.78 is 18.2. The molecule has 1 aliphatic rings. The average Bonchev–Trinajstić information content (AvgIpc) is 2.96. The van der Waals surface area contributed by atoms with E-state index in [9.17, 15) is 4.79 Å². The van der Waals surface area contributed by atoms with Crippen molar-refractivity contribution >= 4 is 27.6 Å². The third-order valence-corrected chi connectivity index (χ3v) is 4.56. The van der Waals surface area contributed by atoms with E-state index in [-0.39, 0.29) is 12.2 Å². The number of carbonyl (C=O) groups excluding carboxylic acids is 1. The number of rotatable bonds is 8. The van der Waals surface area contributed by atoms with Crippen molar-refractivity contribution in [1.29, 1.82) is 0 Å². The number of carbonyl (C=O) groups is 1. The number of nitrogens with zero attached hydrogens (tertiary/aromatic N) is 1. The maximum absolute atomic E-state index is 12.3. The quantitative estimate of drug-likeness (QED) is 0.413. The highest BCUT2D eigenvalue weighted by molar-refractivity contribution is 9.10. The minimum Gasteiger partial charge on any atom is -0.478 e. The molecular formula is C21H30BrNO5. The van der Waals surface area contributed by atoms with Gasteiger partial charge in [0, 0.05) is 16.6 Å². The summed E-state index contributed by atoms with van der Waals surface area (Å²) in [5.74, 6) is 0.109. The van der Waals surface area contributed by atoms with E-state index in [2.05, 4.69) is 28.0 Å². The van der Waals surface area contributed by atoms with E-state index < -0.39 is 17.7 Å². The summed E-state index contributed by atoms with van der Waals surface area (Å²) in [4.78, 5) is 17.8. The van der Waals surface area contributed by atoms with E-state index in [1.54, 1.807) is 13.0 Å². The highest BCUT2D eigenvalue weighted by atomic mass is 79.9. The van der Waals surface area contributed by atoms with Crippen LogP contribution in [-0.4, -0.2) is 42.2 Å². The van der Waals surface area contributed by atoms with Crippen LogP contribution < -0.4 is 4.74 Å². The molecule has 3 atom stereocenters. The molecule has 1 aliphatic heterocycles. The van der Waals surface area contributed by atoms with Crippen molar-refractivity contribution in [2.24, 2.45) is 5.16 Å². The smallest absolute Gasteiger partial charge is 0.347 e. The van der Waals surface area contributed by atoms with E-state index >= 15 is 0 Å². The van der Waals surface area contributed by atoms with Gasteiger partial charge in [0.05, 0.1) is 0 Å². The number of oxime groups is 1. The van der Waals surface area contributed by atoms with Crippen molar-refractivity contribution in [1.82, 2.24) is 0 Å². The second-order valence-electron chi connectivity index (χ2n) is 7.87. The number of esters is 1. The molecule has 1 aromatic rings. The topological polar surface area (TPSA) is 66.4 Å². The number of hydrogen-bond acceptors (Lipinski definition) is 6. The Morgan fingerprint density at radius 3 is 2.71 bits per heavy atom. The number of benzene rings is 1. The first-order chi connectivity index (χ1) is 13.1. The van der Waals surface area contributed by atoms with Crippen molar-refractivity contribution in [3.05, 3.63) is 28.2 Å². The van der Waals surface area contributed by atoms with E-state index in [0.29, 0.717) is 18.1 Å². The largest absolute Gasteiger partial charge is 0.478 e. The van der Waals surface area contributed by atoms with E-state index in [1.807, 2.05) is 39.8 Å². The average molecular weight is 456 g/mol. The van der Waals surface area contributed by atoms with Gasteiger partial charge >= 0.3 is 5.97 Å². The maximum Gasteiger partial charge on any atom is 0.347 e. The minimum absolute atomic E-state index is 0.193. The third-order valence-electron chi connectivity index (χ3n) is 4.07. The van der Waals surface area contributed by atoms with Crippen LogP contribution in [0.25, 0.3) is 0 Å². The zero-order chi connectivity index (χ0) is 20.9. The van der Waals surface area contributed by atoms with Crippen molar-refractivity contribution in [2.45, 2.75) is 78.3 Å². The van der Waals surface area contributed by atoms with Crippen LogP contribution in [0.4, 0.5) is 0 Å². The summed E-state index contributed by atoms with van der Waals surface area (Å²) >= 11 is 3.49. The standard InChI is InChI=1S/C21H30BrNO5/c1-7-8-11-25-19-13(2)28-23-18(19)16-12-15(22)9-10-17(16)26-14(3)20(24)27-21(4,5)6/h9-10,12-14,19H,7-8,11H2,1-6H3/t13-,14-,19+/m0/s1. The summed E-state index contributed by atoms with van der Waals surface area (Å²) in [6, 6.07) is 5.55. The van der Waals surface area contributed by atoms with Gasteiger partial charge in [-0.3, -0.25) is 0 Å². The fourth-order valence-electron chi connectivity index (χ4n) is 2.67. The number of unbranched alkanes of at least 4 members (excludes halogenated alkanes) is 1. The van der Waals surface area contributed by atoms with Gasteiger partial charge in [-0.2, -0.15) is 0 Å². The van der Waals surface area contributed by atoms with Gasteiger partial charge in [-0.15, -0.1) is 0 Å². The molecule has 0 fully saturated rings. The molecule has 0 saturated carbocycles. The molecule has 7 heteroatoms. The Balaban J connectivity index is 2.23. The molecule has 0 radical (unpaired) electrons. The Hall–Kier alpha value is -1.60. The van der Waals surface area contributed by atoms with Crippen LogP contribution in [0.5, 0.6) is 5.75 Å². The van der Waals surface area contributed by atoms with Gasteiger partial charge in [0.15, 0.2) is 12.2 Å². The SMILES string of the molecule is CCCCO[C@H]1C(c2cc(Br)ccc2O[C@@H](C)C(=O)OC(C)(C)C)=NO[C@H]1C. The Bertz CT molecular complexity index is 713. The highest BCUT2D eigenvalue weighted by Gasteiger charge is 2.35. The molecule has 0 bridgehead atoms. The van der Waals surface area contributed by atoms with E-state index in [1.165, 1.54) is 0 Å². The van der Waals surface area contributed by atoms with Crippen LogP contribution in [0.1, 0.15) is 59.9 Å². The molecule has 0 amide bonds. The van der Waals surface area contributed by atoms with Gasteiger partial charge < -0.3 is 19.0 Å². The molecule has 156 valence electrons. The minimum atomic E-state index is -0.765. The third kappa shape index (κ3) is 6.21. The van der Waals surface area contributed by atoms with Crippen molar-refractivity contribution in [2.75, 3.05) is 6.61 Å². The van der Waals surface area contributed by atoms with E-state index in [0.717, 1.165) is 22.9 Å². The van der Waals surface area contributed by atoms with Gasteiger partial charge in [0.25, 0.3) is 0 Å². The molecule has 0 aromatic heterocycles. The molecule has 0 N–H and O–H groups in total. The second-order valence-corrected chi connectivity index (χ2v) is 8.78.